The van der Waals surface area contributed by atoms with Gasteiger partial charge in [0.1, 0.15) is 7.85 Å². The molecule has 0 atom stereocenters. The van der Waals surface area contributed by atoms with E-state index in [9.17, 15) is 0 Å². The van der Waals surface area contributed by atoms with E-state index >= 15 is 0 Å². The first-order valence-electron chi connectivity index (χ1n) is 8.34. The lowest BCUT2D eigenvalue weighted by Crippen LogP contribution is -2.05. The Morgan fingerprint density at radius 3 is 2.27 bits per heavy atom. The third-order valence-corrected chi connectivity index (χ3v) is 3.76. The van der Waals surface area contributed by atoms with Crippen LogP contribution in [0.2, 0.25) is 0 Å². The van der Waals surface area contributed by atoms with E-state index in [0.29, 0.717) is 22.9 Å². The molecule has 0 bridgehead atoms. The summed E-state index contributed by atoms with van der Waals surface area (Å²) in [6.45, 7) is 5.84. The van der Waals surface area contributed by atoms with E-state index in [2.05, 4.69) is 21.5 Å². The molecule has 0 N–H and O–H groups in total. The molecule has 3 nitrogen and oxygen atoms in total. The number of hydrogen-bond acceptors (Lipinski definition) is 3. The van der Waals surface area contributed by atoms with Gasteiger partial charge in [-0.2, -0.15) is 0 Å². The predicted molar refractivity (Wildman–Crippen MR) is 109 cm³/mol. The minimum atomic E-state index is 0.573. The van der Waals surface area contributed by atoms with E-state index in [1.807, 2.05) is 79.7 Å². The highest BCUT2D eigenvalue weighted by Crippen LogP contribution is 2.22. The minimum absolute atomic E-state index is 0.573. The van der Waals surface area contributed by atoms with Gasteiger partial charge < -0.3 is 0 Å². The first kappa shape index (κ1) is 17.6. The molecule has 2 aromatic carbocycles. The molecule has 0 aliphatic heterocycles. The highest BCUT2D eigenvalue weighted by Gasteiger charge is 2.12. The van der Waals surface area contributed by atoms with Gasteiger partial charge in [0, 0.05) is 16.7 Å². The maximum absolute atomic E-state index is 5.93. The van der Waals surface area contributed by atoms with E-state index in [-0.39, 0.29) is 0 Å². The van der Waals surface area contributed by atoms with Gasteiger partial charge >= 0.3 is 0 Å². The average Bonchev–Trinajstić information content (AvgIpc) is 2.69. The normalized spacial score (nSPS) is 11.7. The predicted octanol–water partition coefficient (Wildman–Crippen LogP) is 4.14. The Kier molecular flexibility index (Phi) is 5.54. The highest BCUT2D eigenvalue weighted by atomic mass is 15.0. The maximum Gasteiger partial charge on any atom is 0.164 e. The molecular weight excluding hydrogens is 317 g/mol. The van der Waals surface area contributed by atoms with Gasteiger partial charge in [-0.25, -0.2) is 15.0 Å². The zero-order chi connectivity index (χ0) is 18.4. The summed E-state index contributed by atoms with van der Waals surface area (Å²) in [5.41, 5.74) is 3.27. The molecule has 2 radical (unpaired) electrons. The van der Waals surface area contributed by atoms with Crippen molar-refractivity contribution < 1.29 is 0 Å². The molecule has 3 rings (SSSR count). The maximum atomic E-state index is 5.93. The quantitative estimate of drug-likeness (QED) is 0.519. The van der Waals surface area contributed by atoms with Crippen LogP contribution in [0.1, 0.15) is 12.7 Å². The molecule has 0 spiro atoms. The Morgan fingerprint density at radius 2 is 1.62 bits per heavy atom. The van der Waals surface area contributed by atoms with Crippen LogP contribution in [0.15, 0.2) is 85.5 Å². The van der Waals surface area contributed by atoms with E-state index in [1.54, 1.807) is 6.08 Å². The van der Waals surface area contributed by atoms with Crippen LogP contribution < -0.4 is 5.46 Å². The molecular formula is C22H18BN3. The van der Waals surface area contributed by atoms with Gasteiger partial charge in [-0.15, -0.1) is 0 Å². The molecule has 4 heteroatoms. The van der Waals surface area contributed by atoms with E-state index in [1.165, 1.54) is 0 Å². The average molecular weight is 335 g/mol. The number of allylic oxidation sites excluding steroid dienone is 5. The second-order valence-corrected chi connectivity index (χ2v) is 5.65. The van der Waals surface area contributed by atoms with Crippen LogP contribution in [0.3, 0.4) is 0 Å². The van der Waals surface area contributed by atoms with Crippen molar-refractivity contribution in [3.05, 3.63) is 91.3 Å². The van der Waals surface area contributed by atoms with Gasteiger partial charge in [-0.1, -0.05) is 90.9 Å². The Bertz CT molecular complexity index is 976. The Morgan fingerprint density at radius 1 is 0.923 bits per heavy atom. The van der Waals surface area contributed by atoms with E-state index in [0.717, 1.165) is 16.7 Å². The standard InChI is InChI=1S/C22H18BN3/c1-3-5-10-16(4-2)20-24-21(17-11-7-6-8-12-17)26-22(25-20)18-13-9-14-19(23)15-18/h3-15H,2H2,1H3/b5-3-,16-10+. The number of nitrogens with zero attached hydrogens (tertiary/aromatic N) is 3. The fraction of sp³-hybridized carbons (Fsp3) is 0.0455. The summed E-state index contributed by atoms with van der Waals surface area (Å²) >= 11 is 0. The molecule has 124 valence electrons. The summed E-state index contributed by atoms with van der Waals surface area (Å²) in [4.78, 5) is 13.9. The Balaban J connectivity index is 2.21. The lowest BCUT2D eigenvalue weighted by atomic mass is 9.94. The molecule has 0 saturated carbocycles. The summed E-state index contributed by atoms with van der Waals surface area (Å²) in [6.07, 6.45) is 7.55. The van der Waals surface area contributed by atoms with Gasteiger partial charge in [0.25, 0.3) is 0 Å². The third kappa shape index (κ3) is 4.04. The highest BCUT2D eigenvalue weighted by molar-refractivity contribution is 6.32. The van der Waals surface area contributed by atoms with Crippen molar-refractivity contribution in [3.63, 3.8) is 0 Å². The lowest BCUT2D eigenvalue weighted by molar-refractivity contribution is 1.04. The fourth-order valence-electron chi connectivity index (χ4n) is 2.46. The van der Waals surface area contributed by atoms with Crippen LogP contribution in [-0.2, 0) is 0 Å². The summed E-state index contributed by atoms with van der Waals surface area (Å²) in [7, 11) is 5.93. The van der Waals surface area contributed by atoms with E-state index < -0.39 is 0 Å². The second kappa shape index (κ2) is 8.21. The van der Waals surface area contributed by atoms with Gasteiger partial charge in [0.05, 0.1) is 0 Å². The first-order valence-corrected chi connectivity index (χ1v) is 8.34. The van der Waals surface area contributed by atoms with Crippen LogP contribution in [0, 0.1) is 0 Å². The van der Waals surface area contributed by atoms with Crippen molar-refractivity contribution in [2.45, 2.75) is 6.92 Å². The van der Waals surface area contributed by atoms with Crippen molar-refractivity contribution in [3.8, 4) is 22.8 Å². The fourth-order valence-corrected chi connectivity index (χ4v) is 2.46. The smallest absolute Gasteiger partial charge is 0.164 e. The second-order valence-electron chi connectivity index (χ2n) is 5.65. The minimum Gasteiger partial charge on any atom is -0.208 e. The zero-order valence-electron chi connectivity index (χ0n) is 14.6. The Labute approximate surface area is 155 Å². The van der Waals surface area contributed by atoms with Gasteiger partial charge in [0.2, 0.25) is 0 Å². The zero-order valence-corrected chi connectivity index (χ0v) is 14.6. The van der Waals surface area contributed by atoms with Gasteiger partial charge in [-0.05, 0) is 6.92 Å². The number of hydrogen-bond donors (Lipinski definition) is 0. The van der Waals surface area contributed by atoms with Crippen molar-refractivity contribution in [1.82, 2.24) is 15.0 Å². The monoisotopic (exact) mass is 335 g/mol. The SMILES string of the molecule is [B]c1cccc(-c2nc(/C(C=C)=C/C=C\C)nc(-c3ccccc3)n2)c1. The molecule has 0 aliphatic carbocycles. The molecule has 26 heavy (non-hydrogen) atoms. The summed E-state index contributed by atoms with van der Waals surface area (Å²) < 4.78 is 0. The van der Waals surface area contributed by atoms with Crippen molar-refractivity contribution in [2.75, 3.05) is 0 Å². The van der Waals surface area contributed by atoms with Crippen molar-refractivity contribution >= 4 is 18.9 Å². The molecule has 0 aliphatic rings. The number of aromatic nitrogens is 3. The summed E-state index contributed by atoms with van der Waals surface area (Å²) in [5.74, 6) is 1.76. The molecule has 3 aromatic rings. The lowest BCUT2D eigenvalue weighted by Gasteiger charge is -2.09. The molecule has 1 aromatic heterocycles. The van der Waals surface area contributed by atoms with Crippen molar-refractivity contribution in [1.29, 1.82) is 0 Å². The van der Waals surface area contributed by atoms with Gasteiger partial charge in [-0.3, -0.25) is 0 Å². The van der Waals surface area contributed by atoms with Crippen LogP contribution in [0.25, 0.3) is 28.3 Å². The summed E-state index contributed by atoms with van der Waals surface area (Å²) in [6, 6.07) is 17.4. The van der Waals surface area contributed by atoms with Crippen LogP contribution in [0.5, 0.6) is 0 Å². The van der Waals surface area contributed by atoms with Crippen LogP contribution >= 0.6 is 0 Å². The molecule has 0 amide bonds. The van der Waals surface area contributed by atoms with Crippen molar-refractivity contribution in [2.24, 2.45) is 0 Å². The molecule has 0 saturated heterocycles. The van der Waals surface area contributed by atoms with Crippen LogP contribution in [0.4, 0.5) is 0 Å². The molecule has 0 fully saturated rings. The largest absolute Gasteiger partial charge is 0.208 e. The number of rotatable bonds is 5. The van der Waals surface area contributed by atoms with E-state index in [4.69, 9.17) is 7.85 Å². The summed E-state index contributed by atoms with van der Waals surface area (Å²) in [5, 5.41) is 0. The third-order valence-electron chi connectivity index (χ3n) is 3.76. The molecule has 0 unspecified atom stereocenters. The first-order chi connectivity index (χ1) is 12.7. The Hall–Kier alpha value is -3.27. The number of benzene rings is 2. The van der Waals surface area contributed by atoms with Crippen LogP contribution in [-0.4, -0.2) is 22.8 Å². The van der Waals surface area contributed by atoms with Gasteiger partial charge in [0.15, 0.2) is 17.5 Å². The topological polar surface area (TPSA) is 38.7 Å². The molecule has 1 heterocycles.